The molecular formula is C15H21Cl2NO3. The Labute approximate surface area is 135 Å². The van der Waals surface area contributed by atoms with Crippen LogP contribution in [-0.2, 0) is 16.1 Å². The number of hydrogen-bond acceptors (Lipinski definition) is 4. The molecule has 21 heavy (non-hydrogen) atoms. The van der Waals surface area contributed by atoms with Crippen molar-refractivity contribution in [1.29, 1.82) is 0 Å². The van der Waals surface area contributed by atoms with Gasteiger partial charge in [-0.25, -0.2) is 0 Å². The summed E-state index contributed by atoms with van der Waals surface area (Å²) in [7, 11) is 1.37. The predicted molar refractivity (Wildman–Crippen MR) is 85.2 cm³/mol. The third-order valence-electron chi connectivity index (χ3n) is 2.79. The molecule has 0 saturated carbocycles. The van der Waals surface area contributed by atoms with Gasteiger partial charge in [0, 0.05) is 29.6 Å². The molecule has 0 unspecified atom stereocenters. The average molecular weight is 334 g/mol. The van der Waals surface area contributed by atoms with Gasteiger partial charge in [-0.05, 0) is 18.6 Å². The van der Waals surface area contributed by atoms with E-state index in [1.54, 1.807) is 6.07 Å². The van der Waals surface area contributed by atoms with E-state index in [0.29, 0.717) is 47.8 Å². The van der Waals surface area contributed by atoms with E-state index in [1.165, 1.54) is 7.11 Å². The van der Waals surface area contributed by atoms with Crippen LogP contribution in [-0.4, -0.2) is 25.7 Å². The first-order valence-electron chi connectivity index (χ1n) is 6.85. The number of benzene rings is 1. The Morgan fingerprint density at radius 1 is 1.33 bits per heavy atom. The molecule has 0 spiro atoms. The molecule has 4 nitrogen and oxygen atoms in total. The molecule has 0 fully saturated rings. The Bertz CT molecular complexity index is 478. The van der Waals surface area contributed by atoms with Crippen LogP contribution in [0.4, 0.5) is 0 Å². The van der Waals surface area contributed by atoms with Crippen molar-refractivity contribution in [2.45, 2.75) is 39.3 Å². The minimum atomic E-state index is -0.248. The monoisotopic (exact) mass is 333 g/mol. The van der Waals surface area contributed by atoms with Gasteiger partial charge in [-0.15, -0.1) is 0 Å². The minimum absolute atomic E-state index is 0.248. The zero-order valence-corrected chi connectivity index (χ0v) is 14.1. The number of rotatable bonds is 8. The van der Waals surface area contributed by atoms with Gasteiger partial charge in [-0.2, -0.15) is 0 Å². The number of ether oxygens (including phenoxy) is 2. The van der Waals surface area contributed by atoms with Gasteiger partial charge in [-0.3, -0.25) is 4.79 Å². The van der Waals surface area contributed by atoms with Crippen molar-refractivity contribution in [3.63, 3.8) is 0 Å². The highest BCUT2D eigenvalue weighted by Gasteiger charge is 2.11. The van der Waals surface area contributed by atoms with Crippen molar-refractivity contribution in [2.24, 2.45) is 0 Å². The molecule has 0 aliphatic heterocycles. The van der Waals surface area contributed by atoms with Crippen molar-refractivity contribution < 1.29 is 14.3 Å². The van der Waals surface area contributed by atoms with Gasteiger partial charge >= 0.3 is 5.97 Å². The quantitative estimate of drug-likeness (QED) is 0.580. The van der Waals surface area contributed by atoms with Crippen molar-refractivity contribution in [3.05, 3.63) is 27.7 Å². The van der Waals surface area contributed by atoms with Crippen LogP contribution in [0.25, 0.3) is 0 Å². The molecule has 1 aromatic rings. The number of esters is 1. The fourth-order valence-corrected chi connectivity index (χ4v) is 2.30. The summed E-state index contributed by atoms with van der Waals surface area (Å²) in [4.78, 5) is 11.0. The zero-order valence-electron chi connectivity index (χ0n) is 12.5. The summed E-state index contributed by atoms with van der Waals surface area (Å²) < 4.78 is 10.3. The van der Waals surface area contributed by atoms with E-state index in [0.717, 1.165) is 5.56 Å². The van der Waals surface area contributed by atoms with E-state index in [-0.39, 0.29) is 5.97 Å². The normalized spacial score (nSPS) is 10.8. The van der Waals surface area contributed by atoms with E-state index in [2.05, 4.69) is 23.9 Å². The maximum Gasteiger partial charge on any atom is 0.305 e. The van der Waals surface area contributed by atoms with Gasteiger partial charge in [-0.1, -0.05) is 37.0 Å². The maximum atomic E-state index is 11.0. The summed E-state index contributed by atoms with van der Waals surface area (Å²) in [6.07, 6.45) is 0.893. The lowest BCUT2D eigenvalue weighted by Crippen LogP contribution is -2.22. The molecule has 0 amide bonds. The Morgan fingerprint density at radius 2 is 2.05 bits per heavy atom. The first-order valence-corrected chi connectivity index (χ1v) is 7.60. The van der Waals surface area contributed by atoms with Crippen molar-refractivity contribution in [3.8, 4) is 5.75 Å². The van der Waals surface area contributed by atoms with Crippen LogP contribution >= 0.6 is 23.2 Å². The topological polar surface area (TPSA) is 47.6 Å². The molecule has 0 aromatic heterocycles. The average Bonchev–Trinajstić information content (AvgIpc) is 2.42. The number of halogens is 2. The third kappa shape index (κ3) is 6.55. The van der Waals surface area contributed by atoms with Crippen LogP contribution in [0.1, 0.15) is 32.3 Å². The van der Waals surface area contributed by atoms with Crippen molar-refractivity contribution in [2.75, 3.05) is 13.7 Å². The summed E-state index contributed by atoms with van der Waals surface area (Å²) in [5, 5.41) is 4.35. The van der Waals surface area contributed by atoms with E-state index >= 15 is 0 Å². The standard InChI is InChI=1S/C15H21Cl2NO3/c1-10(2)18-9-11-7-12(16)8-13(17)15(11)21-6-4-5-14(19)20-3/h7-8,10,18H,4-6,9H2,1-3H3. The summed E-state index contributed by atoms with van der Waals surface area (Å²) in [5.74, 6) is 0.363. The van der Waals surface area contributed by atoms with E-state index in [1.807, 2.05) is 6.07 Å². The number of methoxy groups -OCH3 is 1. The molecule has 0 radical (unpaired) electrons. The first kappa shape index (κ1) is 18.1. The second kappa shape index (κ2) is 9.13. The molecule has 0 bridgehead atoms. The fraction of sp³-hybridized carbons (Fsp3) is 0.533. The summed E-state index contributed by atoms with van der Waals surface area (Å²) >= 11 is 12.2. The van der Waals surface area contributed by atoms with Gasteiger partial charge in [0.05, 0.1) is 18.7 Å². The molecule has 0 heterocycles. The number of carbonyl (C=O) groups excluding carboxylic acids is 1. The lowest BCUT2D eigenvalue weighted by Gasteiger charge is -2.15. The van der Waals surface area contributed by atoms with E-state index < -0.39 is 0 Å². The van der Waals surface area contributed by atoms with Crippen molar-refractivity contribution in [1.82, 2.24) is 5.32 Å². The fourth-order valence-electron chi connectivity index (χ4n) is 1.71. The second-order valence-electron chi connectivity index (χ2n) is 4.94. The van der Waals surface area contributed by atoms with Gasteiger partial charge in [0.25, 0.3) is 0 Å². The van der Waals surface area contributed by atoms with Crippen LogP contribution in [0.15, 0.2) is 12.1 Å². The predicted octanol–water partition coefficient (Wildman–Crippen LogP) is 3.82. The van der Waals surface area contributed by atoms with E-state index in [9.17, 15) is 4.79 Å². The van der Waals surface area contributed by atoms with E-state index in [4.69, 9.17) is 27.9 Å². The van der Waals surface area contributed by atoms with Crippen LogP contribution in [0.5, 0.6) is 5.75 Å². The Kier molecular flexibility index (Phi) is 7.86. The van der Waals surface area contributed by atoms with Crippen molar-refractivity contribution >= 4 is 29.2 Å². The molecular weight excluding hydrogens is 313 g/mol. The molecule has 6 heteroatoms. The third-order valence-corrected chi connectivity index (χ3v) is 3.28. The highest BCUT2D eigenvalue weighted by atomic mass is 35.5. The van der Waals surface area contributed by atoms with Crippen LogP contribution in [0.2, 0.25) is 10.0 Å². The van der Waals surface area contributed by atoms with Gasteiger partial charge in [0.2, 0.25) is 0 Å². The molecule has 1 rings (SSSR count). The highest BCUT2D eigenvalue weighted by Crippen LogP contribution is 2.32. The highest BCUT2D eigenvalue weighted by molar-refractivity contribution is 6.35. The Balaban J connectivity index is 2.68. The lowest BCUT2D eigenvalue weighted by atomic mass is 10.2. The smallest absolute Gasteiger partial charge is 0.305 e. The van der Waals surface area contributed by atoms with Gasteiger partial charge < -0.3 is 14.8 Å². The molecule has 1 aromatic carbocycles. The van der Waals surface area contributed by atoms with Crippen LogP contribution < -0.4 is 10.1 Å². The molecule has 1 N–H and O–H groups in total. The van der Waals surface area contributed by atoms with Gasteiger partial charge in [0.1, 0.15) is 5.75 Å². The first-order chi connectivity index (χ1) is 9.93. The maximum absolute atomic E-state index is 11.0. The number of nitrogens with one attached hydrogen (secondary N) is 1. The molecule has 0 aliphatic carbocycles. The summed E-state index contributed by atoms with van der Waals surface area (Å²) in [6, 6.07) is 3.82. The summed E-state index contributed by atoms with van der Waals surface area (Å²) in [5.41, 5.74) is 0.902. The minimum Gasteiger partial charge on any atom is -0.492 e. The molecule has 0 saturated heterocycles. The second-order valence-corrected chi connectivity index (χ2v) is 5.78. The van der Waals surface area contributed by atoms with Gasteiger partial charge in [0.15, 0.2) is 0 Å². The summed E-state index contributed by atoms with van der Waals surface area (Å²) in [6.45, 7) is 5.13. The lowest BCUT2D eigenvalue weighted by molar-refractivity contribution is -0.140. The number of hydrogen-bond donors (Lipinski definition) is 1. The Hall–Kier alpha value is -0.970. The largest absolute Gasteiger partial charge is 0.492 e. The molecule has 118 valence electrons. The number of carbonyl (C=O) groups is 1. The van der Waals surface area contributed by atoms with Crippen LogP contribution in [0.3, 0.4) is 0 Å². The molecule has 0 atom stereocenters. The zero-order chi connectivity index (χ0) is 15.8. The van der Waals surface area contributed by atoms with Crippen LogP contribution in [0, 0.1) is 0 Å². The molecule has 0 aliphatic rings. The SMILES string of the molecule is COC(=O)CCCOc1c(Cl)cc(Cl)cc1CNC(C)C. The Morgan fingerprint density at radius 3 is 2.67 bits per heavy atom.